The third-order valence-corrected chi connectivity index (χ3v) is 13.7. The lowest BCUT2D eigenvalue weighted by atomic mass is 9.56. The Morgan fingerprint density at radius 2 is 1.62 bits per heavy atom. The molecule has 0 bridgehead atoms. The van der Waals surface area contributed by atoms with Crippen molar-refractivity contribution in [3.05, 3.63) is 113 Å². The number of benzene rings is 3. The number of carbonyl (C=O) groups is 4. The molecule has 12 heteroatoms. The molecular weight excluding hydrogens is 720 g/mol. The van der Waals surface area contributed by atoms with Gasteiger partial charge >= 0.3 is 0 Å². The minimum atomic E-state index is -2.06. The molecule has 4 amide bonds. The Hall–Kier alpha value is -4.51. The first-order chi connectivity index (χ1) is 25.5. The standard InChI is InChI=1S/C41H36Cl2FN3O6/c42-40-20-32-30(11-12-31-34(32)37(50)46(36(31)49)28-14-16-45(17-15-28)21-23-4-2-1-3-5-23)35(25-18-24-19-29(48)10-13-33(24)53-22-25)41(40,43)39(52)47(38(40)51)27-8-6-26(44)7-9-27/h1-11,13,19,22,28,31-32,34-35,48H,12,14-18,20-21H2. The van der Waals surface area contributed by atoms with Crippen LogP contribution in [-0.2, 0) is 32.1 Å². The minimum absolute atomic E-state index is 0.0257. The molecule has 0 radical (unpaired) electrons. The highest BCUT2D eigenvalue weighted by molar-refractivity contribution is 6.58. The van der Waals surface area contributed by atoms with Crippen LogP contribution in [0.2, 0.25) is 0 Å². The van der Waals surface area contributed by atoms with Gasteiger partial charge in [0.1, 0.15) is 17.3 Å². The Morgan fingerprint density at radius 3 is 2.36 bits per heavy atom. The molecule has 9 rings (SSSR count). The molecule has 3 aromatic rings. The second-order valence-corrected chi connectivity index (χ2v) is 16.3. The van der Waals surface area contributed by atoms with E-state index in [-0.39, 0.29) is 48.6 Å². The number of hydrogen-bond donors (Lipinski definition) is 1. The van der Waals surface area contributed by atoms with Crippen molar-refractivity contribution < 1.29 is 33.4 Å². The van der Waals surface area contributed by atoms with Gasteiger partial charge in [0.15, 0.2) is 9.75 Å². The number of carbonyl (C=O) groups excluding carboxylic acids is 4. The van der Waals surface area contributed by atoms with Crippen LogP contribution in [-0.4, -0.2) is 67.4 Å². The number of ether oxygens (including phenoxy) is 1. The van der Waals surface area contributed by atoms with E-state index in [4.69, 9.17) is 27.9 Å². The smallest absolute Gasteiger partial charge is 0.258 e. The van der Waals surface area contributed by atoms with Gasteiger partial charge in [-0.2, -0.15) is 0 Å². The van der Waals surface area contributed by atoms with Gasteiger partial charge < -0.3 is 9.84 Å². The van der Waals surface area contributed by atoms with Crippen LogP contribution in [0.25, 0.3) is 0 Å². The summed E-state index contributed by atoms with van der Waals surface area (Å²) < 4.78 is 20.0. The van der Waals surface area contributed by atoms with Crippen molar-refractivity contribution in [1.29, 1.82) is 0 Å². The maximum absolute atomic E-state index is 14.7. The highest BCUT2D eigenvalue weighted by Crippen LogP contribution is 2.65. The molecule has 6 atom stereocenters. The van der Waals surface area contributed by atoms with E-state index in [0.717, 1.165) is 36.7 Å². The van der Waals surface area contributed by atoms with Crippen LogP contribution in [0, 0.1) is 29.5 Å². The molecule has 9 nitrogen and oxygen atoms in total. The quantitative estimate of drug-likeness (QED) is 0.190. The number of allylic oxidation sites excluding steroid dienone is 3. The third-order valence-electron chi connectivity index (χ3n) is 12.2. The van der Waals surface area contributed by atoms with Gasteiger partial charge in [-0.1, -0.05) is 42.0 Å². The van der Waals surface area contributed by atoms with Crippen molar-refractivity contribution in [2.24, 2.45) is 23.7 Å². The molecule has 2 aliphatic carbocycles. The van der Waals surface area contributed by atoms with E-state index in [2.05, 4.69) is 17.0 Å². The zero-order chi connectivity index (χ0) is 36.8. The molecule has 3 saturated heterocycles. The Labute approximate surface area is 315 Å². The highest BCUT2D eigenvalue weighted by atomic mass is 35.5. The van der Waals surface area contributed by atoms with Crippen LogP contribution in [0.3, 0.4) is 0 Å². The minimum Gasteiger partial charge on any atom is -0.508 e. The van der Waals surface area contributed by atoms with Gasteiger partial charge in [0, 0.05) is 43.6 Å². The molecule has 1 N–H and O–H groups in total. The Morgan fingerprint density at radius 1 is 0.887 bits per heavy atom. The molecule has 6 unspecified atom stereocenters. The molecule has 53 heavy (non-hydrogen) atoms. The normalized spacial score (nSPS) is 31.4. The number of fused-ring (bicyclic) bond motifs is 5. The van der Waals surface area contributed by atoms with E-state index >= 15 is 0 Å². The lowest BCUT2D eigenvalue weighted by Crippen LogP contribution is -2.61. The van der Waals surface area contributed by atoms with Crippen LogP contribution in [0.5, 0.6) is 11.5 Å². The summed E-state index contributed by atoms with van der Waals surface area (Å²) in [6, 6.07) is 19.6. The molecule has 4 fully saturated rings. The number of anilines is 1. The van der Waals surface area contributed by atoms with Gasteiger partial charge in [0.25, 0.3) is 11.8 Å². The maximum atomic E-state index is 14.7. The average Bonchev–Trinajstić information content (AvgIpc) is 3.50. The van der Waals surface area contributed by atoms with Gasteiger partial charge in [-0.05, 0) is 85.2 Å². The number of imide groups is 2. The van der Waals surface area contributed by atoms with Gasteiger partial charge in [-0.25, -0.2) is 9.29 Å². The first kappa shape index (κ1) is 34.3. The monoisotopic (exact) mass is 755 g/mol. The lowest BCUT2D eigenvalue weighted by molar-refractivity contribution is -0.144. The summed E-state index contributed by atoms with van der Waals surface area (Å²) in [5.41, 5.74) is 3.17. The number of likely N-dealkylation sites (tertiary alicyclic amines) is 2. The average molecular weight is 757 g/mol. The molecule has 272 valence electrons. The number of phenolic OH excluding ortho intramolecular Hbond substituents is 1. The summed E-state index contributed by atoms with van der Waals surface area (Å²) in [5.74, 6) is -5.17. The molecule has 4 heterocycles. The number of rotatable bonds is 5. The fourth-order valence-corrected chi connectivity index (χ4v) is 10.7. The number of halogens is 3. The number of amides is 4. The predicted molar refractivity (Wildman–Crippen MR) is 194 cm³/mol. The van der Waals surface area contributed by atoms with Crippen molar-refractivity contribution in [3.8, 4) is 11.5 Å². The van der Waals surface area contributed by atoms with Crippen LogP contribution in [0.15, 0.2) is 96.3 Å². The maximum Gasteiger partial charge on any atom is 0.258 e. The summed E-state index contributed by atoms with van der Waals surface area (Å²) in [7, 11) is 0. The van der Waals surface area contributed by atoms with Gasteiger partial charge in [-0.3, -0.25) is 29.0 Å². The number of nitrogens with zero attached hydrogens (tertiary/aromatic N) is 3. The topological polar surface area (TPSA) is 107 Å². The number of alkyl halides is 2. The number of phenols is 1. The molecule has 6 aliphatic rings. The summed E-state index contributed by atoms with van der Waals surface area (Å²) >= 11 is 15.0. The second-order valence-electron chi connectivity index (χ2n) is 15.1. The van der Waals surface area contributed by atoms with Crippen LogP contribution in [0.4, 0.5) is 10.1 Å². The van der Waals surface area contributed by atoms with Gasteiger partial charge in [0.05, 0.1) is 23.8 Å². The van der Waals surface area contributed by atoms with Crippen LogP contribution >= 0.6 is 23.2 Å². The fourth-order valence-electron chi connectivity index (χ4n) is 9.77. The number of piperidine rings is 1. The van der Waals surface area contributed by atoms with Crippen molar-refractivity contribution >= 4 is 52.5 Å². The van der Waals surface area contributed by atoms with E-state index in [9.17, 15) is 28.7 Å². The largest absolute Gasteiger partial charge is 0.508 e. The van der Waals surface area contributed by atoms with Gasteiger partial charge in [-0.15, -0.1) is 23.2 Å². The van der Waals surface area contributed by atoms with E-state index < -0.39 is 51.1 Å². The lowest BCUT2D eigenvalue weighted by Gasteiger charge is -2.51. The van der Waals surface area contributed by atoms with Gasteiger partial charge in [0.2, 0.25) is 11.8 Å². The Kier molecular flexibility index (Phi) is 8.11. The van der Waals surface area contributed by atoms with Crippen molar-refractivity contribution in [3.63, 3.8) is 0 Å². The number of aromatic hydroxyl groups is 1. The Bertz CT molecular complexity index is 2120. The molecular formula is C41H36Cl2FN3O6. The second kappa shape index (κ2) is 12.5. The van der Waals surface area contributed by atoms with Crippen molar-refractivity contribution in [2.45, 2.75) is 54.4 Å². The first-order valence-electron chi connectivity index (χ1n) is 18.0. The Balaban J connectivity index is 1.07. The molecule has 4 aliphatic heterocycles. The highest BCUT2D eigenvalue weighted by Gasteiger charge is 2.77. The van der Waals surface area contributed by atoms with E-state index in [1.165, 1.54) is 34.9 Å². The van der Waals surface area contributed by atoms with E-state index in [1.54, 1.807) is 12.1 Å². The number of hydrogen-bond acceptors (Lipinski definition) is 7. The fraction of sp³-hybridized carbons (Fsp3) is 0.366. The van der Waals surface area contributed by atoms with Crippen molar-refractivity contribution in [1.82, 2.24) is 9.80 Å². The molecule has 0 spiro atoms. The van der Waals surface area contributed by atoms with E-state index in [0.29, 0.717) is 35.3 Å². The predicted octanol–water partition coefficient (Wildman–Crippen LogP) is 6.11. The SMILES string of the molecule is O=C1C2CC=C3C(CC4(Cl)C(=O)N(c5ccc(F)cc5)C(=O)C4(Cl)C3C3=COc4ccc(O)cc4C3)C2C(=O)N1C1CCN(Cc2ccccc2)CC1. The zero-order valence-electron chi connectivity index (χ0n) is 28.6. The molecule has 1 saturated carbocycles. The summed E-state index contributed by atoms with van der Waals surface area (Å²) in [6.07, 6.45) is 5.04. The van der Waals surface area contributed by atoms with Crippen molar-refractivity contribution in [2.75, 3.05) is 18.0 Å². The van der Waals surface area contributed by atoms with E-state index in [1.807, 2.05) is 24.3 Å². The summed E-state index contributed by atoms with van der Waals surface area (Å²) in [5, 5.41) is 10.3. The summed E-state index contributed by atoms with van der Waals surface area (Å²) in [6.45, 7) is 2.27. The van der Waals surface area contributed by atoms with Crippen LogP contribution in [0.1, 0.15) is 36.8 Å². The summed E-state index contributed by atoms with van der Waals surface area (Å²) in [4.78, 5) is 58.6. The molecule has 0 aromatic heterocycles. The molecule has 3 aromatic carbocycles. The first-order valence-corrected chi connectivity index (χ1v) is 18.8. The zero-order valence-corrected chi connectivity index (χ0v) is 30.1. The van der Waals surface area contributed by atoms with Crippen LogP contribution < -0.4 is 9.64 Å². The third kappa shape index (κ3) is 5.12.